The van der Waals surface area contributed by atoms with Crippen LogP contribution in [0, 0.1) is 17.0 Å². The van der Waals surface area contributed by atoms with Crippen LogP contribution in [-0.4, -0.2) is 24.2 Å². The summed E-state index contributed by atoms with van der Waals surface area (Å²) in [6, 6.07) is 19.8. The predicted molar refractivity (Wildman–Crippen MR) is 130 cm³/mol. The van der Waals surface area contributed by atoms with Crippen LogP contribution in [0.4, 0.5) is 5.69 Å². The Morgan fingerprint density at radius 3 is 1.94 bits per heavy atom. The summed E-state index contributed by atoms with van der Waals surface area (Å²) >= 11 is 0. The van der Waals surface area contributed by atoms with Gasteiger partial charge in [-0.05, 0) is 55.0 Å². The van der Waals surface area contributed by atoms with Crippen LogP contribution in [0.15, 0.2) is 82.4 Å². The number of hydrogen-bond acceptors (Lipinski definition) is 6. The molecule has 5 rings (SSSR count). The fourth-order valence-corrected chi connectivity index (χ4v) is 3.79. The molecule has 0 amide bonds. The molecule has 0 bridgehead atoms. The molecule has 9 heteroatoms. The van der Waals surface area contributed by atoms with Gasteiger partial charge in [0.15, 0.2) is 5.82 Å². The van der Waals surface area contributed by atoms with Crippen molar-refractivity contribution in [2.75, 3.05) is 0 Å². The third-order valence-corrected chi connectivity index (χ3v) is 5.42. The maximum Gasteiger partial charge on any atom is 0.281 e. The second-order valence-corrected chi connectivity index (χ2v) is 7.58. The number of aryl methyl sites for hydroxylation is 1. The summed E-state index contributed by atoms with van der Waals surface area (Å²) < 4.78 is 2.43. The van der Waals surface area contributed by atoms with Gasteiger partial charge in [0.2, 0.25) is 0 Å². The fraction of sp³-hybridized carbons (Fsp3) is 0.0400. The van der Waals surface area contributed by atoms with E-state index in [-0.39, 0.29) is 11.5 Å². The number of nitrogens with zero attached hydrogens (tertiary/aromatic N) is 5. The Morgan fingerprint density at radius 1 is 0.765 bits per heavy atom. The molecule has 0 radical (unpaired) electrons. The van der Waals surface area contributed by atoms with Gasteiger partial charge >= 0.3 is 0 Å². The molecule has 0 N–H and O–H groups in total. The lowest BCUT2D eigenvalue weighted by atomic mass is 10.2. The number of nitro benzene ring substituents is 1. The highest BCUT2D eigenvalue weighted by Crippen LogP contribution is 2.16. The van der Waals surface area contributed by atoms with Gasteiger partial charge in [0.1, 0.15) is 5.82 Å². The van der Waals surface area contributed by atoms with Crippen molar-refractivity contribution in [3.8, 4) is 0 Å². The van der Waals surface area contributed by atoms with Crippen LogP contribution in [0.5, 0.6) is 0 Å². The highest BCUT2D eigenvalue weighted by atomic mass is 16.6. The molecule has 0 saturated heterocycles. The van der Waals surface area contributed by atoms with Crippen LogP contribution in [0.2, 0.25) is 0 Å². The lowest BCUT2D eigenvalue weighted by Crippen LogP contribution is -2.38. The second kappa shape index (κ2) is 8.21. The van der Waals surface area contributed by atoms with E-state index in [1.165, 1.54) is 21.5 Å². The fourth-order valence-electron chi connectivity index (χ4n) is 3.79. The molecule has 0 unspecified atom stereocenters. The Balaban J connectivity index is 1.77. The van der Waals surface area contributed by atoms with Gasteiger partial charge in [0, 0.05) is 12.1 Å². The van der Waals surface area contributed by atoms with Gasteiger partial charge in [-0.15, -0.1) is 0 Å². The molecule has 0 aliphatic rings. The van der Waals surface area contributed by atoms with E-state index in [1.54, 1.807) is 79.7 Å². The average Bonchev–Trinajstić information content (AvgIpc) is 2.84. The Hall–Kier alpha value is -4.92. The first-order valence-corrected chi connectivity index (χ1v) is 10.4. The van der Waals surface area contributed by atoms with Crippen molar-refractivity contribution in [2.45, 2.75) is 6.92 Å². The minimum absolute atomic E-state index is 0.0256. The van der Waals surface area contributed by atoms with E-state index < -0.39 is 16.0 Å². The minimum atomic E-state index is -0.474. The molecule has 2 heterocycles. The van der Waals surface area contributed by atoms with Gasteiger partial charge in [-0.1, -0.05) is 30.3 Å². The predicted octanol–water partition coefficient (Wildman–Crippen LogP) is 3.80. The Morgan fingerprint density at radius 2 is 1.32 bits per heavy atom. The quantitative estimate of drug-likeness (QED) is 0.303. The topological polar surface area (TPSA) is 113 Å². The van der Waals surface area contributed by atoms with Crippen LogP contribution >= 0.6 is 0 Å². The lowest BCUT2D eigenvalue weighted by molar-refractivity contribution is -0.384. The number of hydrogen-bond donors (Lipinski definition) is 0. The summed E-state index contributed by atoms with van der Waals surface area (Å²) in [7, 11) is 0. The zero-order valence-electron chi connectivity index (χ0n) is 18.0. The van der Waals surface area contributed by atoms with Crippen LogP contribution in [0.1, 0.15) is 17.2 Å². The van der Waals surface area contributed by atoms with E-state index in [0.717, 1.165) is 0 Å². The molecule has 2 aromatic heterocycles. The Bertz CT molecular complexity index is 1730. The minimum Gasteiger partial charge on any atom is -0.267 e. The number of nitro groups is 1. The van der Waals surface area contributed by atoms with Crippen molar-refractivity contribution >= 4 is 39.6 Å². The molecule has 0 fully saturated rings. The number of non-ortho nitro benzene ring substituents is 1. The maximum atomic E-state index is 13.5. The molecular weight excluding hydrogens is 434 g/mol. The summed E-state index contributed by atoms with van der Waals surface area (Å²) in [5.41, 5.74) is 0.837. The molecule has 9 nitrogen and oxygen atoms in total. The van der Waals surface area contributed by atoms with E-state index >= 15 is 0 Å². The van der Waals surface area contributed by atoms with Gasteiger partial charge in [-0.3, -0.25) is 19.7 Å². The summed E-state index contributed by atoms with van der Waals surface area (Å²) in [6.07, 6.45) is 3.27. The standard InChI is InChI=1S/C25H17N5O4/c1-16-26-21-8-4-2-6-19(21)24(31)28(16)29-23(27-22-9-5-3-7-20(22)25(29)32)15-12-17-10-13-18(14-11-17)30(33)34/h2-15H,1H3/b15-12+. The van der Waals surface area contributed by atoms with Crippen molar-refractivity contribution in [3.63, 3.8) is 0 Å². The molecule has 0 saturated carbocycles. The summed E-state index contributed by atoms with van der Waals surface area (Å²) in [5, 5.41) is 11.6. The zero-order valence-corrected chi connectivity index (χ0v) is 18.0. The van der Waals surface area contributed by atoms with Crippen LogP contribution < -0.4 is 11.1 Å². The Labute approximate surface area is 192 Å². The van der Waals surface area contributed by atoms with Gasteiger partial charge in [0.05, 0.1) is 26.7 Å². The van der Waals surface area contributed by atoms with Crippen molar-refractivity contribution in [1.29, 1.82) is 0 Å². The SMILES string of the molecule is Cc1nc2ccccc2c(=O)n1-n1c(/C=C/c2ccc([N+](=O)[O-])cc2)nc2ccccc2c1=O. The number of benzene rings is 3. The largest absolute Gasteiger partial charge is 0.281 e. The lowest BCUT2D eigenvalue weighted by Gasteiger charge is -2.16. The van der Waals surface area contributed by atoms with E-state index in [9.17, 15) is 19.7 Å². The van der Waals surface area contributed by atoms with Crippen LogP contribution in [-0.2, 0) is 0 Å². The molecule has 166 valence electrons. The van der Waals surface area contributed by atoms with Crippen molar-refractivity contribution in [2.24, 2.45) is 0 Å². The van der Waals surface area contributed by atoms with Crippen molar-refractivity contribution < 1.29 is 4.92 Å². The third-order valence-electron chi connectivity index (χ3n) is 5.42. The molecule has 0 atom stereocenters. The molecule has 34 heavy (non-hydrogen) atoms. The molecule has 0 aliphatic carbocycles. The van der Waals surface area contributed by atoms with E-state index in [1.807, 2.05) is 0 Å². The molecule has 3 aromatic carbocycles. The van der Waals surface area contributed by atoms with Crippen molar-refractivity contribution in [3.05, 3.63) is 121 Å². The number of aromatic nitrogens is 4. The summed E-state index contributed by atoms with van der Waals surface area (Å²) in [4.78, 5) is 46.5. The molecule has 0 spiro atoms. The average molecular weight is 451 g/mol. The third kappa shape index (κ3) is 3.55. The first kappa shape index (κ1) is 21.0. The zero-order chi connectivity index (χ0) is 23.8. The monoisotopic (exact) mass is 451 g/mol. The molecule has 5 aromatic rings. The summed E-state index contributed by atoms with van der Waals surface area (Å²) in [6.45, 7) is 1.65. The smallest absolute Gasteiger partial charge is 0.267 e. The number of para-hydroxylation sites is 2. The highest BCUT2D eigenvalue weighted by molar-refractivity contribution is 5.80. The van der Waals surface area contributed by atoms with Gasteiger partial charge in [0.25, 0.3) is 16.8 Å². The van der Waals surface area contributed by atoms with Gasteiger partial charge < -0.3 is 0 Å². The van der Waals surface area contributed by atoms with Crippen LogP contribution in [0.3, 0.4) is 0 Å². The highest BCUT2D eigenvalue weighted by Gasteiger charge is 2.16. The maximum absolute atomic E-state index is 13.5. The normalized spacial score (nSPS) is 11.4. The van der Waals surface area contributed by atoms with E-state index in [2.05, 4.69) is 9.97 Å². The number of rotatable bonds is 4. The van der Waals surface area contributed by atoms with Gasteiger partial charge in [-0.2, -0.15) is 9.35 Å². The second-order valence-electron chi connectivity index (χ2n) is 7.58. The molecular formula is C25H17N5O4. The van der Waals surface area contributed by atoms with E-state index in [4.69, 9.17) is 0 Å². The Kier molecular flexibility index (Phi) is 5.06. The van der Waals surface area contributed by atoms with Crippen molar-refractivity contribution in [1.82, 2.24) is 19.3 Å². The van der Waals surface area contributed by atoms with Crippen LogP contribution in [0.25, 0.3) is 34.0 Å². The number of fused-ring (bicyclic) bond motifs is 2. The van der Waals surface area contributed by atoms with E-state index in [0.29, 0.717) is 33.2 Å². The first-order valence-electron chi connectivity index (χ1n) is 10.4. The molecule has 0 aliphatic heterocycles. The first-order chi connectivity index (χ1) is 16.4. The van der Waals surface area contributed by atoms with Gasteiger partial charge in [-0.25, -0.2) is 9.97 Å². The summed E-state index contributed by atoms with van der Waals surface area (Å²) in [5.74, 6) is 0.539.